The van der Waals surface area contributed by atoms with Crippen LogP contribution < -0.4 is 9.77 Å². The number of halogens is 1. The molecular formula is C20H13ClN2O3S2. The fourth-order valence-corrected chi connectivity index (χ4v) is 6.52. The topological polar surface area (TPSA) is 70.2 Å². The number of thioether (sulfide) groups is 1. The Morgan fingerprint density at radius 1 is 0.929 bits per heavy atom. The number of amides is 2. The van der Waals surface area contributed by atoms with Crippen molar-refractivity contribution in [2.45, 2.75) is 16.2 Å². The summed E-state index contributed by atoms with van der Waals surface area (Å²) in [4.78, 5) is 43.3. The highest BCUT2D eigenvalue weighted by Crippen LogP contribution is 2.53. The van der Waals surface area contributed by atoms with Crippen LogP contribution in [0.5, 0.6) is 0 Å². The van der Waals surface area contributed by atoms with Crippen molar-refractivity contribution >= 4 is 52.2 Å². The molecule has 2 aliphatic heterocycles. The molecule has 0 spiro atoms. The molecule has 0 unspecified atom stereocenters. The largest absolute Gasteiger partial charge is 0.307 e. The Balaban J connectivity index is 1.65. The SMILES string of the molecule is O=C1[C@H]2[C@H](c3ccccc3)c3sc(=O)[nH]c3S[C@H]2C(=O)N1c1ccc(Cl)cc1. The van der Waals surface area contributed by atoms with Gasteiger partial charge in [0.2, 0.25) is 11.8 Å². The van der Waals surface area contributed by atoms with Crippen molar-refractivity contribution in [1.82, 2.24) is 4.98 Å². The molecular weight excluding hydrogens is 416 g/mol. The number of carbonyl (C=O) groups excluding carboxylic acids is 2. The highest BCUT2D eigenvalue weighted by Gasteiger charge is 2.56. The van der Waals surface area contributed by atoms with Gasteiger partial charge in [0, 0.05) is 15.8 Å². The lowest BCUT2D eigenvalue weighted by Gasteiger charge is -2.29. The number of H-pyrrole nitrogens is 1. The second-order valence-corrected chi connectivity index (χ2v) is 9.25. The Hall–Kier alpha value is -2.35. The van der Waals surface area contributed by atoms with Crippen LogP contribution in [0.25, 0.3) is 0 Å². The molecule has 1 fully saturated rings. The first-order chi connectivity index (χ1) is 13.5. The third-order valence-electron chi connectivity index (χ3n) is 5.07. The molecule has 1 saturated heterocycles. The molecule has 1 N–H and O–H groups in total. The highest BCUT2D eigenvalue weighted by molar-refractivity contribution is 8.00. The van der Waals surface area contributed by atoms with E-state index < -0.39 is 11.2 Å². The smallest absolute Gasteiger partial charge is 0.305 e. The number of benzene rings is 2. The molecule has 2 aromatic carbocycles. The molecule has 8 heteroatoms. The van der Waals surface area contributed by atoms with Crippen molar-refractivity contribution in [2.75, 3.05) is 4.90 Å². The summed E-state index contributed by atoms with van der Waals surface area (Å²) < 4.78 is 0. The third kappa shape index (κ3) is 2.65. The van der Waals surface area contributed by atoms with Crippen LogP contribution >= 0.6 is 34.7 Å². The zero-order chi connectivity index (χ0) is 19.4. The van der Waals surface area contributed by atoms with Gasteiger partial charge < -0.3 is 4.98 Å². The zero-order valence-corrected chi connectivity index (χ0v) is 16.7. The maximum atomic E-state index is 13.4. The molecule has 3 aromatic rings. The third-order valence-corrected chi connectivity index (χ3v) is 7.72. The molecule has 0 aliphatic carbocycles. The van der Waals surface area contributed by atoms with Crippen LogP contribution in [0.3, 0.4) is 0 Å². The molecule has 0 radical (unpaired) electrons. The van der Waals surface area contributed by atoms with Crippen LogP contribution in [0.2, 0.25) is 5.02 Å². The Morgan fingerprint density at radius 2 is 1.64 bits per heavy atom. The van der Waals surface area contributed by atoms with Crippen molar-refractivity contribution in [1.29, 1.82) is 0 Å². The predicted octanol–water partition coefficient (Wildman–Crippen LogP) is 3.89. The summed E-state index contributed by atoms with van der Waals surface area (Å²) in [6.07, 6.45) is 0. The standard InChI is InChI=1S/C20H13ClN2O3S2/c21-11-6-8-12(9-7-11)23-18(24)14-13(10-4-2-1-3-5-10)15-17(22-20(26)28-15)27-16(14)19(23)25/h1-9,13-14,16H,(H,22,26)/t13-,14-,16+/m0/s1. The lowest BCUT2D eigenvalue weighted by atomic mass is 9.83. The van der Waals surface area contributed by atoms with Crippen molar-refractivity contribution in [3.63, 3.8) is 0 Å². The minimum atomic E-state index is -0.578. The van der Waals surface area contributed by atoms with E-state index in [1.165, 1.54) is 16.7 Å². The van der Waals surface area contributed by atoms with Gasteiger partial charge in [-0.2, -0.15) is 0 Å². The van der Waals surface area contributed by atoms with Crippen LogP contribution in [0.1, 0.15) is 16.4 Å². The molecule has 5 rings (SSSR count). The van der Waals surface area contributed by atoms with Crippen molar-refractivity contribution in [3.8, 4) is 0 Å². The number of rotatable bonds is 2. The van der Waals surface area contributed by atoms with Gasteiger partial charge in [-0.3, -0.25) is 14.4 Å². The normalized spacial score (nSPS) is 23.6. The minimum absolute atomic E-state index is 0.173. The molecule has 28 heavy (non-hydrogen) atoms. The Morgan fingerprint density at radius 3 is 2.36 bits per heavy atom. The molecule has 3 heterocycles. The van der Waals surface area contributed by atoms with Gasteiger partial charge in [0.15, 0.2) is 0 Å². The minimum Gasteiger partial charge on any atom is -0.307 e. The van der Waals surface area contributed by atoms with Crippen LogP contribution in [0.4, 0.5) is 5.69 Å². The van der Waals surface area contributed by atoms with Crippen LogP contribution in [-0.4, -0.2) is 22.0 Å². The van der Waals surface area contributed by atoms with Crippen molar-refractivity contribution < 1.29 is 9.59 Å². The quantitative estimate of drug-likeness (QED) is 0.629. The van der Waals surface area contributed by atoms with Crippen LogP contribution in [0.15, 0.2) is 64.4 Å². The number of imide groups is 1. The number of carbonyl (C=O) groups is 2. The Bertz CT molecular complexity index is 1140. The van der Waals surface area contributed by atoms with Gasteiger partial charge in [0.25, 0.3) is 0 Å². The van der Waals surface area contributed by atoms with Crippen molar-refractivity contribution in [2.24, 2.45) is 5.92 Å². The van der Waals surface area contributed by atoms with Gasteiger partial charge in [-0.15, -0.1) is 0 Å². The first-order valence-corrected chi connectivity index (χ1v) is 10.7. The van der Waals surface area contributed by atoms with Gasteiger partial charge in [-0.25, -0.2) is 4.90 Å². The Kier molecular flexibility index (Phi) is 4.19. The lowest BCUT2D eigenvalue weighted by molar-refractivity contribution is -0.122. The van der Waals surface area contributed by atoms with Crippen LogP contribution in [0, 0.1) is 5.92 Å². The summed E-state index contributed by atoms with van der Waals surface area (Å²) in [5.74, 6) is -1.40. The van der Waals surface area contributed by atoms with E-state index in [0.29, 0.717) is 15.7 Å². The van der Waals surface area contributed by atoms with E-state index in [0.717, 1.165) is 21.8 Å². The van der Waals surface area contributed by atoms with Gasteiger partial charge in [0.1, 0.15) is 5.25 Å². The summed E-state index contributed by atoms with van der Waals surface area (Å²) in [6, 6.07) is 16.3. The van der Waals surface area contributed by atoms with E-state index in [-0.39, 0.29) is 22.6 Å². The predicted molar refractivity (Wildman–Crippen MR) is 110 cm³/mol. The summed E-state index contributed by atoms with van der Waals surface area (Å²) in [5.41, 5.74) is 1.44. The molecule has 0 bridgehead atoms. The maximum absolute atomic E-state index is 13.4. The molecule has 5 nitrogen and oxygen atoms in total. The lowest BCUT2D eigenvalue weighted by Crippen LogP contribution is -2.32. The van der Waals surface area contributed by atoms with E-state index in [2.05, 4.69) is 4.98 Å². The second kappa shape index (κ2) is 6.62. The first kappa shape index (κ1) is 17.7. The van der Waals surface area contributed by atoms with E-state index in [1.807, 2.05) is 30.3 Å². The fourth-order valence-electron chi connectivity index (χ4n) is 3.88. The number of anilines is 1. The van der Waals surface area contributed by atoms with Crippen molar-refractivity contribution in [3.05, 3.63) is 79.7 Å². The number of nitrogens with one attached hydrogen (secondary N) is 1. The summed E-state index contributed by atoms with van der Waals surface area (Å²) in [5, 5.41) is 0.645. The maximum Gasteiger partial charge on any atom is 0.305 e. The molecule has 0 saturated carbocycles. The molecule has 2 amide bonds. The number of nitrogens with zero attached hydrogens (tertiary/aromatic N) is 1. The second-order valence-electron chi connectivity index (χ2n) is 6.65. The van der Waals surface area contributed by atoms with E-state index in [4.69, 9.17) is 11.6 Å². The molecule has 140 valence electrons. The zero-order valence-electron chi connectivity index (χ0n) is 14.3. The fraction of sp³-hybridized carbons (Fsp3) is 0.150. The summed E-state index contributed by atoms with van der Waals surface area (Å²) in [6.45, 7) is 0. The van der Waals surface area contributed by atoms with Gasteiger partial charge in [-0.05, 0) is 29.8 Å². The number of fused-ring (bicyclic) bond motifs is 2. The number of hydrogen-bond donors (Lipinski definition) is 1. The number of aromatic nitrogens is 1. The number of thiazole rings is 1. The van der Waals surface area contributed by atoms with E-state index in [1.54, 1.807) is 24.3 Å². The average molecular weight is 429 g/mol. The van der Waals surface area contributed by atoms with E-state index in [9.17, 15) is 14.4 Å². The highest BCUT2D eigenvalue weighted by atomic mass is 35.5. The summed E-state index contributed by atoms with van der Waals surface area (Å²) in [7, 11) is 0. The molecule has 3 atom stereocenters. The Labute approximate surface area is 173 Å². The summed E-state index contributed by atoms with van der Waals surface area (Å²) >= 11 is 8.34. The molecule has 2 aliphatic rings. The average Bonchev–Trinajstić information content (AvgIpc) is 3.18. The van der Waals surface area contributed by atoms with E-state index >= 15 is 0 Å². The van der Waals surface area contributed by atoms with Gasteiger partial charge in [0.05, 0.1) is 16.6 Å². The van der Waals surface area contributed by atoms with Crippen LogP contribution in [-0.2, 0) is 9.59 Å². The monoisotopic (exact) mass is 428 g/mol. The number of aromatic amines is 1. The first-order valence-electron chi connectivity index (χ1n) is 8.62. The molecule has 1 aromatic heterocycles. The van der Waals surface area contributed by atoms with Gasteiger partial charge >= 0.3 is 4.87 Å². The number of hydrogen-bond acceptors (Lipinski definition) is 5. The van der Waals surface area contributed by atoms with Gasteiger partial charge in [-0.1, -0.05) is 65.0 Å².